The number of amides is 2. The normalized spacial score (nSPS) is 11.5. The fraction of sp³-hybridized carbons (Fsp3) is 0.321. The highest BCUT2D eigenvalue weighted by Gasteiger charge is 2.26. The minimum Gasteiger partial charge on any atom is -0.497 e. The van der Waals surface area contributed by atoms with Gasteiger partial charge in [0.1, 0.15) is 5.75 Å². The molecule has 1 atom stereocenters. The summed E-state index contributed by atoms with van der Waals surface area (Å²) in [6.45, 7) is 10.2. The molecule has 11 heteroatoms. The predicted octanol–water partition coefficient (Wildman–Crippen LogP) is 4.51. The van der Waals surface area contributed by atoms with Gasteiger partial charge < -0.3 is 24.7 Å². The summed E-state index contributed by atoms with van der Waals surface area (Å²) in [5.74, 6) is 0.432. The van der Waals surface area contributed by atoms with Gasteiger partial charge in [-0.3, -0.25) is 9.59 Å². The smallest absolute Gasteiger partial charge is 0.338 e. The Kier molecular flexibility index (Phi) is 10.7. The van der Waals surface area contributed by atoms with Gasteiger partial charge in [0.05, 0.1) is 31.1 Å². The zero-order valence-electron chi connectivity index (χ0n) is 22.5. The molecule has 3 aromatic rings. The summed E-state index contributed by atoms with van der Waals surface area (Å²) in [4.78, 5) is 37.4. The van der Waals surface area contributed by atoms with E-state index in [-0.39, 0.29) is 23.5 Å². The van der Waals surface area contributed by atoms with Gasteiger partial charge in [-0.25, -0.2) is 4.79 Å². The molecule has 2 N–H and O–H groups in total. The van der Waals surface area contributed by atoms with E-state index in [0.717, 1.165) is 0 Å². The number of nitrogens with zero attached hydrogens (tertiary/aromatic N) is 3. The molecule has 0 saturated heterocycles. The third-order valence-electron chi connectivity index (χ3n) is 5.65. The van der Waals surface area contributed by atoms with Crippen molar-refractivity contribution in [2.24, 2.45) is 5.92 Å². The van der Waals surface area contributed by atoms with Crippen LogP contribution in [0.5, 0.6) is 5.75 Å². The van der Waals surface area contributed by atoms with Crippen LogP contribution in [0.4, 0.5) is 5.69 Å². The summed E-state index contributed by atoms with van der Waals surface area (Å²) in [6, 6.07) is 12.9. The highest BCUT2D eigenvalue weighted by atomic mass is 32.2. The quantitative estimate of drug-likeness (QED) is 0.181. The maximum Gasteiger partial charge on any atom is 0.338 e. The van der Waals surface area contributed by atoms with E-state index in [9.17, 15) is 14.4 Å². The number of anilines is 1. The van der Waals surface area contributed by atoms with Gasteiger partial charge in [-0.1, -0.05) is 31.7 Å². The number of benzene rings is 2. The zero-order valence-corrected chi connectivity index (χ0v) is 23.3. The monoisotopic (exact) mass is 551 g/mol. The van der Waals surface area contributed by atoms with E-state index in [1.54, 1.807) is 68.6 Å². The molecule has 0 fully saturated rings. The average Bonchev–Trinajstić information content (AvgIpc) is 3.33. The van der Waals surface area contributed by atoms with Crippen LogP contribution >= 0.6 is 11.8 Å². The largest absolute Gasteiger partial charge is 0.497 e. The van der Waals surface area contributed by atoms with Crippen molar-refractivity contribution < 1.29 is 23.9 Å². The highest BCUT2D eigenvalue weighted by molar-refractivity contribution is 7.99. The lowest BCUT2D eigenvalue weighted by atomic mass is 10.0. The Morgan fingerprint density at radius 2 is 1.72 bits per heavy atom. The van der Waals surface area contributed by atoms with Crippen LogP contribution in [0.15, 0.2) is 66.3 Å². The van der Waals surface area contributed by atoms with Crippen molar-refractivity contribution in [2.75, 3.05) is 24.8 Å². The summed E-state index contributed by atoms with van der Waals surface area (Å²) in [5, 5.41) is 15.1. The number of ether oxygens (including phenoxy) is 2. The third kappa shape index (κ3) is 7.93. The van der Waals surface area contributed by atoms with Gasteiger partial charge in [-0.15, -0.1) is 16.8 Å². The van der Waals surface area contributed by atoms with Crippen LogP contribution in [0.3, 0.4) is 0 Å². The second kappa shape index (κ2) is 14.1. The molecule has 0 radical (unpaired) electrons. The van der Waals surface area contributed by atoms with E-state index in [1.165, 1.54) is 11.8 Å². The van der Waals surface area contributed by atoms with Crippen molar-refractivity contribution in [2.45, 2.75) is 38.5 Å². The lowest BCUT2D eigenvalue weighted by Crippen LogP contribution is -2.33. The number of allylic oxidation sites excluding steroid dienone is 1. The Labute approximate surface area is 232 Å². The second-order valence-electron chi connectivity index (χ2n) is 8.80. The number of hydrogen-bond donors (Lipinski definition) is 2. The van der Waals surface area contributed by atoms with Crippen molar-refractivity contribution >= 4 is 35.2 Å². The lowest BCUT2D eigenvalue weighted by molar-refractivity contribution is -0.113. The fourth-order valence-electron chi connectivity index (χ4n) is 3.67. The summed E-state index contributed by atoms with van der Waals surface area (Å²) in [6.07, 6.45) is 1.71. The highest BCUT2D eigenvalue weighted by Crippen LogP contribution is 2.26. The molecule has 3 rings (SSSR count). The van der Waals surface area contributed by atoms with E-state index >= 15 is 0 Å². The number of hydrogen-bond acceptors (Lipinski definition) is 8. The van der Waals surface area contributed by atoms with Crippen molar-refractivity contribution in [3.8, 4) is 5.75 Å². The van der Waals surface area contributed by atoms with Crippen molar-refractivity contribution in [1.29, 1.82) is 0 Å². The molecule has 0 unspecified atom stereocenters. The first-order chi connectivity index (χ1) is 18.8. The number of carbonyl (C=O) groups excluding carboxylic acids is 3. The van der Waals surface area contributed by atoms with Crippen LogP contribution in [0.2, 0.25) is 0 Å². The number of nitrogens with one attached hydrogen (secondary N) is 2. The molecule has 0 spiro atoms. The van der Waals surface area contributed by atoms with Gasteiger partial charge in [0, 0.05) is 17.8 Å². The van der Waals surface area contributed by atoms with Crippen LogP contribution in [0, 0.1) is 5.92 Å². The first-order valence-electron chi connectivity index (χ1n) is 12.5. The van der Waals surface area contributed by atoms with E-state index in [2.05, 4.69) is 27.4 Å². The first-order valence-corrected chi connectivity index (χ1v) is 13.4. The van der Waals surface area contributed by atoms with Gasteiger partial charge in [-0.05, 0) is 61.4 Å². The Morgan fingerprint density at radius 3 is 2.31 bits per heavy atom. The summed E-state index contributed by atoms with van der Waals surface area (Å²) >= 11 is 1.23. The maximum absolute atomic E-state index is 13.0. The van der Waals surface area contributed by atoms with E-state index in [1.807, 2.05) is 18.4 Å². The Bertz CT molecular complexity index is 1290. The number of aromatic nitrogens is 3. The Morgan fingerprint density at radius 1 is 1.05 bits per heavy atom. The molecule has 0 aliphatic heterocycles. The SMILES string of the molecule is C=CCn1c(SCC(=O)Nc2ccc(C(=O)OCC)cc2)nnc1[C@@H](NC(=O)c1ccc(OC)cc1)C(C)C. The van der Waals surface area contributed by atoms with E-state index < -0.39 is 12.0 Å². The van der Waals surface area contributed by atoms with Crippen LogP contribution in [0.1, 0.15) is 53.4 Å². The van der Waals surface area contributed by atoms with Crippen molar-refractivity contribution in [3.63, 3.8) is 0 Å². The molecule has 1 heterocycles. The maximum atomic E-state index is 13.0. The molecule has 2 amide bonds. The first kappa shape index (κ1) is 29.4. The summed E-state index contributed by atoms with van der Waals surface area (Å²) in [7, 11) is 1.57. The van der Waals surface area contributed by atoms with Gasteiger partial charge in [-0.2, -0.15) is 0 Å². The Hall–Kier alpha value is -4.12. The molecular weight excluding hydrogens is 518 g/mol. The van der Waals surface area contributed by atoms with Gasteiger partial charge >= 0.3 is 5.97 Å². The van der Waals surface area contributed by atoms with Crippen molar-refractivity contribution in [1.82, 2.24) is 20.1 Å². The zero-order chi connectivity index (χ0) is 28.4. The predicted molar refractivity (Wildman–Crippen MR) is 150 cm³/mol. The molecule has 0 saturated carbocycles. The molecule has 0 bridgehead atoms. The number of methoxy groups -OCH3 is 1. The Balaban J connectivity index is 1.68. The molecule has 206 valence electrons. The standard InChI is InChI=1S/C28H33N5O5S/c1-6-16-33-25(24(18(3)4)30-26(35)19-10-14-22(37-5)15-11-19)31-32-28(33)39-17-23(34)29-21-12-8-20(9-13-21)27(36)38-7-2/h6,8-15,18,24H,1,7,16-17H2,2-5H3,(H,29,34)(H,30,35)/t24-/m0/s1. The summed E-state index contributed by atoms with van der Waals surface area (Å²) in [5.41, 5.74) is 1.47. The average molecular weight is 552 g/mol. The molecule has 1 aromatic heterocycles. The van der Waals surface area contributed by atoms with Crippen LogP contribution < -0.4 is 15.4 Å². The van der Waals surface area contributed by atoms with Crippen molar-refractivity contribution in [3.05, 3.63) is 78.1 Å². The van der Waals surface area contributed by atoms with E-state index in [0.29, 0.717) is 46.7 Å². The number of rotatable bonds is 13. The number of thioether (sulfide) groups is 1. The van der Waals surface area contributed by atoms with Crippen LogP contribution in [-0.2, 0) is 16.1 Å². The minimum atomic E-state index is -0.423. The molecule has 0 aliphatic rings. The molecule has 0 aliphatic carbocycles. The van der Waals surface area contributed by atoms with Crippen LogP contribution in [0.25, 0.3) is 0 Å². The van der Waals surface area contributed by atoms with Gasteiger partial charge in [0.15, 0.2) is 11.0 Å². The topological polar surface area (TPSA) is 124 Å². The fourth-order valence-corrected chi connectivity index (χ4v) is 4.42. The molecule has 39 heavy (non-hydrogen) atoms. The lowest BCUT2D eigenvalue weighted by Gasteiger charge is -2.22. The number of carbonyl (C=O) groups is 3. The van der Waals surface area contributed by atoms with Gasteiger partial charge in [0.25, 0.3) is 5.91 Å². The second-order valence-corrected chi connectivity index (χ2v) is 9.74. The van der Waals surface area contributed by atoms with Gasteiger partial charge in [0.2, 0.25) is 5.91 Å². The number of esters is 1. The summed E-state index contributed by atoms with van der Waals surface area (Å²) < 4.78 is 12.0. The van der Waals surface area contributed by atoms with Crippen LogP contribution in [-0.4, -0.2) is 52.0 Å². The van der Waals surface area contributed by atoms with E-state index in [4.69, 9.17) is 9.47 Å². The molecule has 2 aromatic carbocycles. The molecule has 10 nitrogen and oxygen atoms in total. The third-order valence-corrected chi connectivity index (χ3v) is 6.62. The molecular formula is C28H33N5O5S. The minimum absolute atomic E-state index is 0.0127.